The van der Waals surface area contributed by atoms with Crippen LogP contribution in [0.5, 0.6) is 0 Å². The van der Waals surface area contributed by atoms with Gasteiger partial charge in [-0.25, -0.2) is 0 Å². The van der Waals surface area contributed by atoms with E-state index in [0.717, 1.165) is 5.56 Å². The lowest BCUT2D eigenvalue weighted by Gasteiger charge is -2.45. The van der Waals surface area contributed by atoms with Gasteiger partial charge in [-0.05, 0) is 86.5 Å². The van der Waals surface area contributed by atoms with E-state index < -0.39 is 5.41 Å². The van der Waals surface area contributed by atoms with Gasteiger partial charge in [0.15, 0.2) is 0 Å². The zero-order chi connectivity index (χ0) is 29.8. The molecule has 7 aromatic rings. The van der Waals surface area contributed by atoms with E-state index in [0.29, 0.717) is 0 Å². The highest BCUT2D eigenvalue weighted by Gasteiger charge is 2.48. The average Bonchev–Trinajstić information content (AvgIpc) is 3.12. The Balaban J connectivity index is 1.28. The fourth-order valence-electron chi connectivity index (χ4n) is 7.07. The number of nitrogens with zero attached hydrogens (tertiary/aromatic N) is 1. The van der Waals surface area contributed by atoms with Crippen LogP contribution in [0.15, 0.2) is 184 Å². The molecule has 6 aromatic carbocycles. The van der Waals surface area contributed by atoms with Crippen LogP contribution in [-0.2, 0) is 5.41 Å². The lowest BCUT2D eigenvalue weighted by molar-refractivity contribution is 0.667. The molecule has 0 N–H and O–H groups in total. The highest BCUT2D eigenvalue weighted by Crippen LogP contribution is 2.62. The van der Waals surface area contributed by atoms with E-state index in [1.807, 2.05) is 42.0 Å². The van der Waals surface area contributed by atoms with Crippen molar-refractivity contribution in [2.24, 2.45) is 0 Å². The number of benzene rings is 6. The van der Waals surface area contributed by atoms with Crippen LogP contribution in [0.2, 0.25) is 0 Å². The first-order valence-corrected chi connectivity index (χ1v) is 16.8. The van der Waals surface area contributed by atoms with Crippen LogP contribution in [0.4, 0.5) is 0 Å². The lowest BCUT2D eigenvalue weighted by atomic mass is 9.64. The number of hydrogen-bond acceptors (Lipinski definition) is 3. The SMILES string of the molecule is c1ccc(-c2ccc3c(c2)Sc2ccccc2C32c3ccccc3Sc3cc(-c4cccc(-c5cccnc5)c4)ccc32)cc1. The van der Waals surface area contributed by atoms with E-state index in [9.17, 15) is 0 Å². The maximum Gasteiger partial charge on any atom is 0.0745 e. The van der Waals surface area contributed by atoms with Crippen LogP contribution in [0, 0.1) is 0 Å². The Bertz CT molecular complexity index is 2210. The van der Waals surface area contributed by atoms with Gasteiger partial charge in [-0.3, -0.25) is 4.98 Å². The van der Waals surface area contributed by atoms with Crippen molar-refractivity contribution in [1.82, 2.24) is 4.98 Å². The van der Waals surface area contributed by atoms with E-state index in [1.165, 1.54) is 69.7 Å². The fourth-order valence-corrected chi connectivity index (χ4v) is 9.54. The van der Waals surface area contributed by atoms with Crippen LogP contribution in [0.3, 0.4) is 0 Å². The van der Waals surface area contributed by atoms with Crippen molar-refractivity contribution in [2.75, 3.05) is 0 Å². The molecule has 9 rings (SSSR count). The van der Waals surface area contributed by atoms with E-state index in [-0.39, 0.29) is 0 Å². The quantitative estimate of drug-likeness (QED) is 0.198. The molecule has 3 heterocycles. The number of pyridine rings is 1. The summed E-state index contributed by atoms with van der Waals surface area (Å²) in [6.07, 6.45) is 3.76. The molecule has 45 heavy (non-hydrogen) atoms. The molecule has 0 saturated heterocycles. The largest absolute Gasteiger partial charge is 0.264 e. The number of hydrogen-bond donors (Lipinski definition) is 0. The van der Waals surface area contributed by atoms with Crippen molar-refractivity contribution >= 4 is 23.5 Å². The van der Waals surface area contributed by atoms with Crippen molar-refractivity contribution < 1.29 is 0 Å². The van der Waals surface area contributed by atoms with Gasteiger partial charge in [0.1, 0.15) is 0 Å². The third kappa shape index (κ3) is 4.23. The predicted molar refractivity (Wildman–Crippen MR) is 187 cm³/mol. The molecule has 0 amide bonds. The molecule has 2 aliphatic heterocycles. The minimum Gasteiger partial charge on any atom is -0.264 e. The predicted octanol–water partition coefficient (Wildman–Crippen LogP) is 11.4. The Morgan fingerprint density at radius 1 is 0.356 bits per heavy atom. The topological polar surface area (TPSA) is 12.9 Å². The van der Waals surface area contributed by atoms with Gasteiger partial charge < -0.3 is 0 Å². The van der Waals surface area contributed by atoms with Gasteiger partial charge in [-0.2, -0.15) is 0 Å². The second-order valence-corrected chi connectivity index (χ2v) is 13.7. The first-order valence-electron chi connectivity index (χ1n) is 15.2. The summed E-state index contributed by atoms with van der Waals surface area (Å²) in [4.78, 5) is 9.59. The summed E-state index contributed by atoms with van der Waals surface area (Å²) < 4.78 is 0. The molecule has 0 bridgehead atoms. The van der Waals surface area contributed by atoms with Crippen molar-refractivity contribution in [2.45, 2.75) is 25.0 Å². The van der Waals surface area contributed by atoms with E-state index in [4.69, 9.17) is 0 Å². The van der Waals surface area contributed by atoms with Gasteiger partial charge in [0, 0.05) is 37.5 Å². The molecule has 0 saturated carbocycles. The summed E-state index contributed by atoms with van der Waals surface area (Å²) in [5.41, 5.74) is 12.2. The Morgan fingerprint density at radius 3 is 1.47 bits per heavy atom. The van der Waals surface area contributed by atoms with Gasteiger partial charge in [-0.1, -0.05) is 139 Å². The molecule has 1 spiro atoms. The van der Waals surface area contributed by atoms with Gasteiger partial charge >= 0.3 is 0 Å². The summed E-state index contributed by atoms with van der Waals surface area (Å²) in [5.74, 6) is 0. The average molecular weight is 610 g/mol. The van der Waals surface area contributed by atoms with Gasteiger partial charge in [0.25, 0.3) is 0 Å². The molecule has 0 radical (unpaired) electrons. The summed E-state index contributed by atoms with van der Waals surface area (Å²) in [6.45, 7) is 0. The monoisotopic (exact) mass is 609 g/mol. The Kier molecular flexibility index (Phi) is 6.29. The first-order chi connectivity index (χ1) is 22.3. The first kappa shape index (κ1) is 26.6. The molecule has 1 unspecified atom stereocenters. The molecule has 1 atom stereocenters. The molecular formula is C42H27NS2. The Hall–Kier alpha value is -4.83. The zero-order valence-corrected chi connectivity index (χ0v) is 26.0. The maximum absolute atomic E-state index is 4.35. The molecule has 0 aliphatic carbocycles. The Morgan fingerprint density at radius 2 is 0.844 bits per heavy atom. The highest BCUT2D eigenvalue weighted by molar-refractivity contribution is 8.00. The molecule has 2 aliphatic rings. The van der Waals surface area contributed by atoms with E-state index >= 15 is 0 Å². The fraction of sp³-hybridized carbons (Fsp3) is 0.0238. The number of rotatable bonds is 3. The summed E-state index contributed by atoms with van der Waals surface area (Å²) >= 11 is 3.79. The van der Waals surface area contributed by atoms with Crippen LogP contribution in [0.1, 0.15) is 22.3 Å². The van der Waals surface area contributed by atoms with Gasteiger partial charge in [0.2, 0.25) is 0 Å². The highest BCUT2D eigenvalue weighted by atomic mass is 32.2. The summed E-state index contributed by atoms with van der Waals surface area (Å²) in [6, 6.07) is 55.9. The Labute approximate surface area is 272 Å². The molecule has 0 fully saturated rings. The van der Waals surface area contributed by atoms with Crippen LogP contribution < -0.4 is 0 Å². The second kappa shape index (κ2) is 10.7. The van der Waals surface area contributed by atoms with Gasteiger partial charge in [-0.15, -0.1) is 0 Å². The third-order valence-electron chi connectivity index (χ3n) is 9.09. The standard InChI is InChI=1S/C42H27NS2/c1-2-10-28(11-3-1)31-19-21-36-40(25-31)44-38-17-6-4-15-34(38)42(36)35-16-5-7-18-39(35)45-41-26-32(20-22-37(41)42)29-12-8-13-30(24-29)33-14-9-23-43-27-33/h1-27H. The molecule has 3 heteroatoms. The maximum atomic E-state index is 4.35. The van der Waals surface area contributed by atoms with E-state index in [1.54, 1.807) is 0 Å². The third-order valence-corrected chi connectivity index (χ3v) is 11.4. The number of fused-ring (bicyclic) bond motifs is 8. The van der Waals surface area contributed by atoms with Gasteiger partial charge in [0.05, 0.1) is 5.41 Å². The normalized spacial score (nSPS) is 15.9. The molecule has 1 aromatic heterocycles. The molecule has 1 nitrogen and oxygen atoms in total. The molecule has 212 valence electrons. The van der Waals surface area contributed by atoms with Crippen molar-refractivity contribution in [3.8, 4) is 33.4 Å². The van der Waals surface area contributed by atoms with Crippen LogP contribution >= 0.6 is 23.5 Å². The smallest absolute Gasteiger partial charge is 0.0745 e. The van der Waals surface area contributed by atoms with Crippen molar-refractivity contribution in [3.63, 3.8) is 0 Å². The van der Waals surface area contributed by atoms with E-state index in [2.05, 4.69) is 151 Å². The van der Waals surface area contributed by atoms with Crippen molar-refractivity contribution in [3.05, 3.63) is 186 Å². The lowest BCUT2D eigenvalue weighted by Crippen LogP contribution is -2.36. The van der Waals surface area contributed by atoms with Crippen LogP contribution in [0.25, 0.3) is 33.4 Å². The summed E-state index contributed by atoms with van der Waals surface area (Å²) in [5, 5.41) is 0. The minimum atomic E-state index is -0.417. The van der Waals surface area contributed by atoms with Crippen LogP contribution in [-0.4, -0.2) is 4.98 Å². The molecular weight excluding hydrogens is 583 g/mol. The second-order valence-electron chi connectivity index (χ2n) is 11.6. The minimum absolute atomic E-state index is 0.417. The number of aromatic nitrogens is 1. The summed E-state index contributed by atoms with van der Waals surface area (Å²) in [7, 11) is 0. The van der Waals surface area contributed by atoms with Crippen molar-refractivity contribution in [1.29, 1.82) is 0 Å². The zero-order valence-electron chi connectivity index (χ0n) is 24.4.